The van der Waals surface area contributed by atoms with Crippen molar-refractivity contribution in [2.75, 3.05) is 13.7 Å². The summed E-state index contributed by atoms with van der Waals surface area (Å²) in [6, 6.07) is 0.373. The van der Waals surface area contributed by atoms with Crippen LogP contribution in [0.15, 0.2) is 0 Å². The van der Waals surface area contributed by atoms with Gasteiger partial charge in [0.05, 0.1) is 12.7 Å². The fraction of sp³-hybridized carbons (Fsp3) is 0.700. The third-order valence-electron chi connectivity index (χ3n) is 6.65. The van der Waals surface area contributed by atoms with Crippen LogP contribution in [0.25, 0.3) is 0 Å². The van der Waals surface area contributed by atoms with Crippen molar-refractivity contribution in [1.82, 2.24) is 9.88 Å². The summed E-state index contributed by atoms with van der Waals surface area (Å²) < 4.78 is 4.92. The van der Waals surface area contributed by atoms with Gasteiger partial charge in [-0.05, 0) is 68.8 Å². The van der Waals surface area contributed by atoms with E-state index in [-0.39, 0.29) is 11.9 Å². The van der Waals surface area contributed by atoms with Crippen molar-refractivity contribution >= 4 is 11.9 Å². The Morgan fingerprint density at radius 2 is 1.76 bits per heavy atom. The van der Waals surface area contributed by atoms with Crippen molar-refractivity contribution in [3.8, 4) is 0 Å². The SMILES string of the molecule is CCc1[nH]c(C(=O)N2CC3C[C@@H]4CC2C[C@H](C3)C4)c(C)c1C(=O)OC. The molecule has 4 aliphatic rings. The molecule has 1 amide bonds. The van der Waals surface area contributed by atoms with E-state index in [9.17, 15) is 9.59 Å². The summed E-state index contributed by atoms with van der Waals surface area (Å²) in [6.45, 7) is 4.72. The van der Waals surface area contributed by atoms with Crippen LogP contribution in [0, 0.1) is 24.7 Å². The van der Waals surface area contributed by atoms with Crippen LogP contribution in [-0.2, 0) is 11.2 Å². The highest BCUT2D eigenvalue weighted by atomic mass is 16.5. The largest absolute Gasteiger partial charge is 0.465 e. The number of hydrogen-bond donors (Lipinski definition) is 1. The van der Waals surface area contributed by atoms with Crippen LogP contribution in [0.1, 0.15) is 71.1 Å². The Kier molecular flexibility index (Phi) is 4.13. The molecular formula is C20H28N2O3. The summed E-state index contributed by atoms with van der Waals surface area (Å²) in [5, 5.41) is 0. The molecule has 0 aromatic carbocycles. The summed E-state index contributed by atoms with van der Waals surface area (Å²) in [5.41, 5.74) is 2.65. The highest BCUT2D eigenvalue weighted by Gasteiger charge is 2.44. The zero-order valence-electron chi connectivity index (χ0n) is 15.4. The maximum Gasteiger partial charge on any atom is 0.339 e. The van der Waals surface area contributed by atoms with Gasteiger partial charge in [0.2, 0.25) is 0 Å². The lowest BCUT2D eigenvalue weighted by Crippen LogP contribution is -2.42. The Morgan fingerprint density at radius 1 is 1.12 bits per heavy atom. The molecule has 2 aliphatic heterocycles. The van der Waals surface area contributed by atoms with Crippen molar-refractivity contribution in [2.45, 2.75) is 58.4 Å². The second-order valence-electron chi connectivity index (χ2n) is 8.21. The van der Waals surface area contributed by atoms with Gasteiger partial charge >= 0.3 is 5.97 Å². The van der Waals surface area contributed by atoms with Crippen molar-refractivity contribution in [3.63, 3.8) is 0 Å². The number of rotatable bonds is 3. The van der Waals surface area contributed by atoms with Crippen LogP contribution in [0.4, 0.5) is 0 Å². The second kappa shape index (κ2) is 6.19. The maximum absolute atomic E-state index is 13.4. The number of amides is 1. The first kappa shape index (κ1) is 16.7. The van der Waals surface area contributed by atoms with E-state index in [2.05, 4.69) is 9.88 Å². The molecule has 5 rings (SSSR count). The van der Waals surface area contributed by atoms with Gasteiger partial charge < -0.3 is 14.6 Å². The number of aromatic amines is 1. The summed E-state index contributed by atoms with van der Waals surface area (Å²) in [4.78, 5) is 30.9. The van der Waals surface area contributed by atoms with Gasteiger partial charge in [-0.25, -0.2) is 4.79 Å². The van der Waals surface area contributed by atoms with Gasteiger partial charge in [-0.1, -0.05) is 6.92 Å². The number of nitrogens with zero attached hydrogens (tertiary/aromatic N) is 1. The molecule has 1 N–H and O–H groups in total. The highest BCUT2D eigenvalue weighted by Crippen LogP contribution is 2.47. The summed E-state index contributed by atoms with van der Waals surface area (Å²) in [5.74, 6) is 1.98. The van der Waals surface area contributed by atoms with Crippen LogP contribution >= 0.6 is 0 Å². The average Bonchev–Trinajstić information content (AvgIpc) is 2.81. The first-order chi connectivity index (χ1) is 12.0. The van der Waals surface area contributed by atoms with Crippen molar-refractivity contribution < 1.29 is 14.3 Å². The topological polar surface area (TPSA) is 62.4 Å². The smallest absolute Gasteiger partial charge is 0.339 e. The lowest BCUT2D eigenvalue weighted by molar-refractivity contribution is 0.0598. The number of hydrogen-bond acceptors (Lipinski definition) is 3. The van der Waals surface area contributed by atoms with Crippen LogP contribution < -0.4 is 0 Å². The summed E-state index contributed by atoms with van der Waals surface area (Å²) in [7, 11) is 1.39. The highest BCUT2D eigenvalue weighted by molar-refractivity contribution is 6.00. The first-order valence-corrected chi connectivity index (χ1v) is 9.62. The zero-order valence-corrected chi connectivity index (χ0v) is 15.4. The molecule has 4 bridgehead atoms. The lowest BCUT2D eigenvalue weighted by Gasteiger charge is -2.38. The van der Waals surface area contributed by atoms with Crippen LogP contribution in [-0.4, -0.2) is 41.5 Å². The monoisotopic (exact) mass is 344 g/mol. The molecule has 0 radical (unpaired) electrons. The molecule has 4 fully saturated rings. The predicted molar refractivity (Wildman–Crippen MR) is 94.6 cm³/mol. The van der Waals surface area contributed by atoms with Gasteiger partial charge in [0.15, 0.2) is 0 Å². The number of methoxy groups -OCH3 is 1. The van der Waals surface area contributed by atoms with Gasteiger partial charge in [0.1, 0.15) is 5.69 Å². The second-order valence-corrected chi connectivity index (χ2v) is 8.21. The van der Waals surface area contributed by atoms with E-state index in [4.69, 9.17) is 4.74 Å². The molecule has 25 heavy (non-hydrogen) atoms. The Morgan fingerprint density at radius 3 is 2.36 bits per heavy atom. The molecule has 5 nitrogen and oxygen atoms in total. The quantitative estimate of drug-likeness (QED) is 0.856. The molecule has 2 aliphatic carbocycles. The molecule has 3 heterocycles. The lowest BCUT2D eigenvalue weighted by atomic mass is 9.68. The van der Waals surface area contributed by atoms with E-state index in [1.807, 2.05) is 13.8 Å². The number of fused-ring (bicyclic) bond motifs is 1. The van der Waals surface area contributed by atoms with E-state index in [0.717, 1.165) is 42.5 Å². The number of carbonyl (C=O) groups is 2. The minimum atomic E-state index is -0.361. The van der Waals surface area contributed by atoms with Gasteiger partial charge in [0.25, 0.3) is 5.91 Å². The normalized spacial score (nSPS) is 30.4. The number of nitrogens with one attached hydrogen (secondary N) is 1. The Balaban J connectivity index is 1.67. The standard InChI is InChI=1S/C20H28N2O3/c1-4-16-17(20(24)25-3)11(2)18(21-16)19(23)22-10-14-6-12-5-13(7-14)9-15(22)8-12/h12-15,21H,4-10H2,1-3H3/t12-,13+,14?,15?. The first-order valence-electron chi connectivity index (χ1n) is 9.62. The number of carbonyl (C=O) groups excluding carboxylic acids is 2. The number of aromatic nitrogens is 1. The molecule has 136 valence electrons. The predicted octanol–water partition coefficient (Wildman–Crippen LogP) is 3.32. The third kappa shape index (κ3) is 2.68. The van der Waals surface area contributed by atoms with Crippen molar-refractivity contribution in [2.24, 2.45) is 17.8 Å². The molecule has 1 aromatic rings. The van der Waals surface area contributed by atoms with Gasteiger partial charge in [-0.15, -0.1) is 0 Å². The minimum Gasteiger partial charge on any atom is -0.465 e. The summed E-state index contributed by atoms with van der Waals surface area (Å²) in [6.07, 6.45) is 6.92. The van der Waals surface area contributed by atoms with Gasteiger partial charge in [-0.3, -0.25) is 4.79 Å². The van der Waals surface area contributed by atoms with E-state index in [1.54, 1.807) is 0 Å². The molecule has 5 heteroatoms. The molecule has 2 unspecified atom stereocenters. The van der Waals surface area contributed by atoms with Crippen LogP contribution in [0.3, 0.4) is 0 Å². The van der Waals surface area contributed by atoms with E-state index in [1.165, 1.54) is 26.4 Å². The molecular weight excluding hydrogens is 316 g/mol. The third-order valence-corrected chi connectivity index (χ3v) is 6.65. The van der Waals surface area contributed by atoms with Crippen molar-refractivity contribution in [1.29, 1.82) is 0 Å². The fourth-order valence-electron chi connectivity index (χ4n) is 5.69. The van der Waals surface area contributed by atoms with Gasteiger partial charge in [-0.2, -0.15) is 0 Å². The van der Waals surface area contributed by atoms with E-state index < -0.39 is 0 Å². The minimum absolute atomic E-state index is 0.0700. The number of aryl methyl sites for hydroxylation is 1. The van der Waals surface area contributed by atoms with E-state index in [0.29, 0.717) is 29.6 Å². The number of H-pyrrole nitrogens is 1. The molecule has 2 saturated carbocycles. The molecule has 2 saturated heterocycles. The molecule has 1 aromatic heterocycles. The Hall–Kier alpha value is -1.78. The average molecular weight is 344 g/mol. The van der Waals surface area contributed by atoms with Crippen LogP contribution in [0.2, 0.25) is 0 Å². The number of esters is 1. The Bertz CT molecular complexity index is 694. The van der Waals surface area contributed by atoms with Crippen molar-refractivity contribution in [3.05, 3.63) is 22.5 Å². The zero-order chi connectivity index (χ0) is 17.7. The number of ether oxygens (including phenoxy) is 1. The Labute approximate surface area is 149 Å². The molecule has 4 atom stereocenters. The van der Waals surface area contributed by atoms with Gasteiger partial charge in [0, 0.05) is 18.3 Å². The maximum atomic E-state index is 13.4. The summed E-state index contributed by atoms with van der Waals surface area (Å²) >= 11 is 0. The van der Waals surface area contributed by atoms with Crippen LogP contribution in [0.5, 0.6) is 0 Å². The molecule has 0 spiro atoms. The fourth-order valence-corrected chi connectivity index (χ4v) is 5.69. The van der Waals surface area contributed by atoms with E-state index >= 15 is 0 Å².